The number of hydrogen-bond acceptors (Lipinski definition) is 3. The molecule has 0 bridgehead atoms. The Morgan fingerprint density at radius 1 is 1.04 bits per heavy atom. The second-order valence-corrected chi connectivity index (χ2v) is 5.33. The maximum absolute atomic E-state index is 11.6. The molecule has 0 aromatic rings. The fraction of sp³-hybridized carbons (Fsp3) is 0.800. The Labute approximate surface area is 156 Å². The van der Waals surface area contributed by atoms with E-state index in [9.17, 15) is 9.59 Å². The van der Waals surface area contributed by atoms with Crippen LogP contribution in [0.2, 0.25) is 0 Å². The first-order valence-electron chi connectivity index (χ1n) is 8.14. The highest BCUT2D eigenvalue weighted by Gasteiger charge is 2.20. The molecular formula is C15H30IN5O2. The minimum atomic E-state index is 0. The maximum atomic E-state index is 11.6. The first-order chi connectivity index (χ1) is 10.6. The lowest BCUT2D eigenvalue weighted by Crippen LogP contribution is -2.53. The summed E-state index contributed by atoms with van der Waals surface area (Å²) in [7, 11) is 0. The van der Waals surface area contributed by atoms with E-state index in [1.165, 1.54) is 0 Å². The highest BCUT2D eigenvalue weighted by atomic mass is 127. The zero-order chi connectivity index (χ0) is 16.4. The van der Waals surface area contributed by atoms with Crippen molar-refractivity contribution >= 4 is 41.8 Å². The van der Waals surface area contributed by atoms with Gasteiger partial charge in [-0.15, -0.1) is 24.0 Å². The van der Waals surface area contributed by atoms with Gasteiger partial charge < -0.3 is 20.4 Å². The predicted molar refractivity (Wildman–Crippen MR) is 103 cm³/mol. The molecule has 1 heterocycles. The number of halogens is 1. The summed E-state index contributed by atoms with van der Waals surface area (Å²) in [6.07, 6.45) is 1.35. The van der Waals surface area contributed by atoms with Crippen molar-refractivity contribution in [2.45, 2.75) is 33.6 Å². The van der Waals surface area contributed by atoms with E-state index in [1.807, 2.05) is 18.7 Å². The molecule has 134 valence electrons. The van der Waals surface area contributed by atoms with Gasteiger partial charge in [0.1, 0.15) is 0 Å². The van der Waals surface area contributed by atoms with Crippen LogP contribution in [0.15, 0.2) is 4.99 Å². The summed E-state index contributed by atoms with van der Waals surface area (Å²) in [5.74, 6) is 0.992. The lowest BCUT2D eigenvalue weighted by molar-refractivity contribution is -0.130. The number of piperazine rings is 1. The highest BCUT2D eigenvalue weighted by Crippen LogP contribution is 2.03. The lowest BCUT2D eigenvalue weighted by Gasteiger charge is -2.36. The Balaban J connectivity index is 0.00000484. The molecule has 7 nitrogen and oxygen atoms in total. The van der Waals surface area contributed by atoms with Gasteiger partial charge in [-0.3, -0.25) is 14.6 Å². The van der Waals surface area contributed by atoms with Gasteiger partial charge in [0.25, 0.3) is 0 Å². The van der Waals surface area contributed by atoms with Crippen molar-refractivity contribution in [2.24, 2.45) is 4.99 Å². The van der Waals surface area contributed by atoms with Crippen molar-refractivity contribution in [1.82, 2.24) is 20.4 Å². The summed E-state index contributed by atoms with van der Waals surface area (Å²) in [6, 6.07) is 0. The average molecular weight is 439 g/mol. The van der Waals surface area contributed by atoms with E-state index in [0.29, 0.717) is 13.0 Å². The number of hydrogen-bond donors (Lipinski definition) is 2. The van der Waals surface area contributed by atoms with E-state index in [1.54, 1.807) is 6.92 Å². The third kappa shape index (κ3) is 8.38. The Hall–Kier alpha value is -1.06. The van der Waals surface area contributed by atoms with Crippen LogP contribution in [0.25, 0.3) is 0 Å². The van der Waals surface area contributed by atoms with Crippen LogP contribution in [0.3, 0.4) is 0 Å². The van der Waals surface area contributed by atoms with Crippen LogP contribution < -0.4 is 10.6 Å². The van der Waals surface area contributed by atoms with Crippen LogP contribution >= 0.6 is 24.0 Å². The van der Waals surface area contributed by atoms with Gasteiger partial charge in [-0.2, -0.15) is 0 Å². The normalized spacial score (nSPS) is 15.0. The Kier molecular flexibility index (Phi) is 11.8. The van der Waals surface area contributed by atoms with E-state index in [4.69, 9.17) is 0 Å². The standard InChI is InChI=1S/C15H29N5O2.HI/c1-4-7-17-14(22)6-8-18-15(16-5-2)20-11-9-19(10-12-20)13(3)21;/h4-12H2,1-3H3,(H,16,18)(H,17,22);1H. The molecule has 1 aliphatic heterocycles. The van der Waals surface area contributed by atoms with Crippen LogP contribution in [-0.4, -0.2) is 73.4 Å². The van der Waals surface area contributed by atoms with Gasteiger partial charge in [0, 0.05) is 52.6 Å². The van der Waals surface area contributed by atoms with Gasteiger partial charge >= 0.3 is 0 Å². The number of carbonyl (C=O) groups is 2. The SMILES string of the molecule is CCCNC(=O)CCN=C(NCC)N1CCN(C(C)=O)CC1.I. The third-order valence-corrected chi connectivity index (χ3v) is 3.53. The van der Waals surface area contributed by atoms with Gasteiger partial charge in [0.2, 0.25) is 11.8 Å². The van der Waals surface area contributed by atoms with Crippen LogP contribution in [-0.2, 0) is 9.59 Å². The van der Waals surface area contributed by atoms with E-state index >= 15 is 0 Å². The zero-order valence-corrected chi connectivity index (χ0v) is 16.8. The quantitative estimate of drug-likeness (QED) is 0.362. The zero-order valence-electron chi connectivity index (χ0n) is 14.4. The molecule has 0 spiro atoms. The second kappa shape index (κ2) is 12.4. The lowest BCUT2D eigenvalue weighted by atomic mass is 10.3. The van der Waals surface area contributed by atoms with E-state index < -0.39 is 0 Å². The van der Waals surface area contributed by atoms with E-state index in [-0.39, 0.29) is 35.8 Å². The summed E-state index contributed by atoms with van der Waals surface area (Å²) < 4.78 is 0. The minimum absolute atomic E-state index is 0. The van der Waals surface area contributed by atoms with Gasteiger partial charge in [-0.05, 0) is 13.3 Å². The molecule has 1 fully saturated rings. The molecule has 0 unspecified atom stereocenters. The molecule has 0 saturated carbocycles. The largest absolute Gasteiger partial charge is 0.357 e. The number of aliphatic imine (C=N–C) groups is 1. The first kappa shape index (κ1) is 21.9. The fourth-order valence-corrected chi connectivity index (χ4v) is 2.28. The molecule has 8 heteroatoms. The average Bonchev–Trinajstić information content (AvgIpc) is 2.52. The Bertz CT molecular complexity index is 395. The van der Waals surface area contributed by atoms with Crippen LogP contribution in [0.4, 0.5) is 0 Å². The van der Waals surface area contributed by atoms with Crippen LogP contribution in [0, 0.1) is 0 Å². The highest BCUT2D eigenvalue weighted by molar-refractivity contribution is 14.0. The molecule has 0 aliphatic carbocycles. The number of nitrogens with one attached hydrogen (secondary N) is 2. The molecule has 1 saturated heterocycles. The number of carbonyl (C=O) groups excluding carboxylic acids is 2. The maximum Gasteiger partial charge on any atom is 0.221 e. The van der Waals surface area contributed by atoms with Crippen molar-refractivity contribution in [3.8, 4) is 0 Å². The number of rotatable bonds is 6. The Morgan fingerprint density at radius 2 is 1.65 bits per heavy atom. The number of nitrogens with zero attached hydrogens (tertiary/aromatic N) is 3. The van der Waals surface area contributed by atoms with Crippen molar-refractivity contribution < 1.29 is 9.59 Å². The van der Waals surface area contributed by atoms with E-state index in [0.717, 1.165) is 51.6 Å². The van der Waals surface area contributed by atoms with Crippen LogP contribution in [0.1, 0.15) is 33.6 Å². The molecule has 2 amide bonds. The fourth-order valence-electron chi connectivity index (χ4n) is 2.28. The molecule has 2 N–H and O–H groups in total. The summed E-state index contributed by atoms with van der Waals surface area (Å²) in [5, 5.41) is 6.10. The molecule has 23 heavy (non-hydrogen) atoms. The number of guanidine groups is 1. The molecule has 0 atom stereocenters. The molecule has 1 aliphatic rings. The monoisotopic (exact) mass is 439 g/mol. The smallest absolute Gasteiger partial charge is 0.221 e. The van der Waals surface area contributed by atoms with Gasteiger partial charge in [-0.1, -0.05) is 6.92 Å². The first-order valence-corrected chi connectivity index (χ1v) is 8.14. The molecule has 0 aromatic heterocycles. The summed E-state index contributed by atoms with van der Waals surface area (Å²) in [4.78, 5) is 31.4. The molecular weight excluding hydrogens is 409 g/mol. The topological polar surface area (TPSA) is 77.0 Å². The number of amides is 2. The van der Waals surface area contributed by atoms with E-state index in [2.05, 4.69) is 20.5 Å². The summed E-state index contributed by atoms with van der Waals surface area (Å²) in [6.45, 7) is 10.6. The van der Waals surface area contributed by atoms with Crippen molar-refractivity contribution in [2.75, 3.05) is 45.8 Å². The van der Waals surface area contributed by atoms with Gasteiger partial charge in [0.05, 0.1) is 6.54 Å². The predicted octanol–water partition coefficient (Wildman–Crippen LogP) is 0.650. The van der Waals surface area contributed by atoms with Gasteiger partial charge in [-0.25, -0.2) is 0 Å². The van der Waals surface area contributed by atoms with Crippen molar-refractivity contribution in [3.05, 3.63) is 0 Å². The summed E-state index contributed by atoms with van der Waals surface area (Å²) >= 11 is 0. The molecule has 1 rings (SSSR count). The van der Waals surface area contributed by atoms with Crippen molar-refractivity contribution in [3.63, 3.8) is 0 Å². The third-order valence-electron chi connectivity index (χ3n) is 3.53. The summed E-state index contributed by atoms with van der Waals surface area (Å²) in [5.41, 5.74) is 0. The van der Waals surface area contributed by atoms with Gasteiger partial charge in [0.15, 0.2) is 5.96 Å². The van der Waals surface area contributed by atoms with Crippen LogP contribution in [0.5, 0.6) is 0 Å². The minimum Gasteiger partial charge on any atom is -0.357 e. The Morgan fingerprint density at radius 3 is 2.17 bits per heavy atom. The molecule has 0 radical (unpaired) electrons. The van der Waals surface area contributed by atoms with Crippen molar-refractivity contribution in [1.29, 1.82) is 0 Å². The second-order valence-electron chi connectivity index (χ2n) is 5.33. The molecule has 0 aromatic carbocycles.